The first-order valence-electron chi connectivity index (χ1n) is 4.56. The van der Waals surface area contributed by atoms with Gasteiger partial charge in [0.2, 0.25) is 0 Å². The third-order valence-corrected chi connectivity index (χ3v) is 2.61. The molecular formula is C10H12ClN3. The molecule has 1 atom stereocenters. The highest BCUT2D eigenvalue weighted by atomic mass is 35.5. The molecule has 0 saturated carbocycles. The average molecular weight is 210 g/mol. The summed E-state index contributed by atoms with van der Waals surface area (Å²) >= 11 is 6.00. The molecule has 74 valence electrons. The van der Waals surface area contributed by atoms with E-state index in [0.29, 0.717) is 11.6 Å². The second kappa shape index (κ2) is 3.59. The van der Waals surface area contributed by atoms with Crippen LogP contribution in [-0.2, 0) is 0 Å². The molecule has 1 heterocycles. The molecule has 1 aromatic heterocycles. The van der Waals surface area contributed by atoms with Crippen molar-refractivity contribution < 1.29 is 0 Å². The minimum absolute atomic E-state index is 0.235. The van der Waals surface area contributed by atoms with Gasteiger partial charge in [0.05, 0.1) is 10.5 Å². The first-order chi connectivity index (χ1) is 6.72. The molecule has 3 N–H and O–H groups in total. The Kier molecular flexibility index (Phi) is 2.44. The largest absolute Gasteiger partial charge is 0.342 e. The number of aromatic nitrogens is 2. The Labute approximate surface area is 87.3 Å². The zero-order chi connectivity index (χ0) is 10.1. The zero-order valence-corrected chi connectivity index (χ0v) is 8.67. The van der Waals surface area contributed by atoms with Crippen LogP contribution in [-0.4, -0.2) is 16.5 Å². The molecule has 0 fully saturated rings. The second-order valence-electron chi connectivity index (χ2n) is 3.39. The van der Waals surface area contributed by atoms with Crippen molar-refractivity contribution in [3.63, 3.8) is 0 Å². The molecular weight excluding hydrogens is 198 g/mol. The summed E-state index contributed by atoms with van der Waals surface area (Å²) in [6.07, 6.45) is 0. The fourth-order valence-electron chi connectivity index (χ4n) is 1.36. The third-order valence-electron chi connectivity index (χ3n) is 2.30. The lowest BCUT2D eigenvalue weighted by Gasteiger charge is -2.01. The molecule has 14 heavy (non-hydrogen) atoms. The van der Waals surface area contributed by atoms with Gasteiger partial charge in [0.15, 0.2) is 0 Å². The zero-order valence-electron chi connectivity index (χ0n) is 7.92. The van der Waals surface area contributed by atoms with Crippen LogP contribution in [0.4, 0.5) is 0 Å². The van der Waals surface area contributed by atoms with Gasteiger partial charge >= 0.3 is 0 Å². The first kappa shape index (κ1) is 9.49. The standard InChI is InChI=1S/C10H12ClN3/c1-6(5-12)10-13-8-4-2-3-7(11)9(8)14-10/h2-4,6H,5,12H2,1H3,(H,13,14)/t6-/m0/s1. The number of nitrogens with two attached hydrogens (primary N) is 1. The van der Waals surface area contributed by atoms with Gasteiger partial charge in [-0.05, 0) is 12.1 Å². The van der Waals surface area contributed by atoms with Gasteiger partial charge < -0.3 is 10.7 Å². The number of hydrogen-bond donors (Lipinski definition) is 2. The number of hydrogen-bond acceptors (Lipinski definition) is 2. The topological polar surface area (TPSA) is 54.7 Å². The van der Waals surface area contributed by atoms with Crippen molar-refractivity contribution in [3.8, 4) is 0 Å². The van der Waals surface area contributed by atoms with E-state index in [4.69, 9.17) is 17.3 Å². The molecule has 0 aliphatic rings. The molecule has 2 rings (SSSR count). The molecule has 2 aromatic rings. The van der Waals surface area contributed by atoms with Crippen molar-refractivity contribution in [1.29, 1.82) is 0 Å². The minimum atomic E-state index is 0.235. The predicted octanol–water partition coefficient (Wildman–Crippen LogP) is 2.28. The number of imidazole rings is 1. The Morgan fingerprint density at radius 1 is 1.57 bits per heavy atom. The van der Waals surface area contributed by atoms with Crippen LogP contribution in [0.25, 0.3) is 11.0 Å². The molecule has 0 spiro atoms. The highest BCUT2D eigenvalue weighted by Gasteiger charge is 2.10. The Bertz CT molecular complexity index is 450. The van der Waals surface area contributed by atoms with E-state index >= 15 is 0 Å². The third kappa shape index (κ3) is 1.49. The van der Waals surface area contributed by atoms with Crippen molar-refractivity contribution in [2.24, 2.45) is 5.73 Å². The van der Waals surface area contributed by atoms with Gasteiger partial charge in [-0.15, -0.1) is 0 Å². The summed E-state index contributed by atoms with van der Waals surface area (Å²) in [7, 11) is 0. The van der Waals surface area contributed by atoms with Crippen LogP contribution in [0, 0.1) is 0 Å². The maximum absolute atomic E-state index is 6.00. The Morgan fingerprint density at radius 3 is 3.00 bits per heavy atom. The Balaban J connectivity index is 2.56. The lowest BCUT2D eigenvalue weighted by molar-refractivity contribution is 0.728. The summed E-state index contributed by atoms with van der Waals surface area (Å²) in [4.78, 5) is 7.63. The van der Waals surface area contributed by atoms with E-state index < -0.39 is 0 Å². The number of rotatable bonds is 2. The van der Waals surface area contributed by atoms with Crippen LogP contribution in [0.2, 0.25) is 5.02 Å². The van der Waals surface area contributed by atoms with Gasteiger partial charge in [-0.2, -0.15) is 0 Å². The number of H-pyrrole nitrogens is 1. The van der Waals surface area contributed by atoms with E-state index in [9.17, 15) is 0 Å². The predicted molar refractivity (Wildman–Crippen MR) is 58.6 cm³/mol. The first-order valence-corrected chi connectivity index (χ1v) is 4.94. The SMILES string of the molecule is C[C@@H](CN)c1nc2c(Cl)cccc2[nH]1. The summed E-state index contributed by atoms with van der Waals surface area (Å²) < 4.78 is 0. The summed E-state index contributed by atoms with van der Waals surface area (Å²) in [6.45, 7) is 2.61. The Morgan fingerprint density at radius 2 is 2.36 bits per heavy atom. The van der Waals surface area contributed by atoms with Crippen molar-refractivity contribution in [2.45, 2.75) is 12.8 Å². The van der Waals surface area contributed by atoms with E-state index in [1.807, 2.05) is 25.1 Å². The van der Waals surface area contributed by atoms with Gasteiger partial charge in [-0.3, -0.25) is 0 Å². The summed E-state index contributed by atoms with van der Waals surface area (Å²) in [5.74, 6) is 1.13. The highest BCUT2D eigenvalue weighted by Crippen LogP contribution is 2.23. The molecule has 0 radical (unpaired) electrons. The highest BCUT2D eigenvalue weighted by molar-refractivity contribution is 6.34. The van der Waals surface area contributed by atoms with Crippen LogP contribution >= 0.6 is 11.6 Å². The molecule has 0 bridgehead atoms. The molecule has 4 heteroatoms. The van der Waals surface area contributed by atoms with Gasteiger partial charge in [0.25, 0.3) is 0 Å². The van der Waals surface area contributed by atoms with Crippen LogP contribution in [0.15, 0.2) is 18.2 Å². The maximum Gasteiger partial charge on any atom is 0.111 e. The van der Waals surface area contributed by atoms with Crippen molar-refractivity contribution >= 4 is 22.6 Å². The second-order valence-corrected chi connectivity index (χ2v) is 3.80. The quantitative estimate of drug-likeness (QED) is 0.798. The van der Waals surface area contributed by atoms with Crippen molar-refractivity contribution in [3.05, 3.63) is 29.0 Å². The molecule has 3 nitrogen and oxygen atoms in total. The lowest BCUT2D eigenvalue weighted by atomic mass is 10.2. The smallest absolute Gasteiger partial charge is 0.111 e. The lowest BCUT2D eigenvalue weighted by Crippen LogP contribution is -2.10. The number of aromatic amines is 1. The van der Waals surface area contributed by atoms with Gasteiger partial charge in [-0.1, -0.05) is 24.6 Å². The minimum Gasteiger partial charge on any atom is -0.342 e. The van der Waals surface area contributed by atoms with Crippen LogP contribution in [0.3, 0.4) is 0 Å². The van der Waals surface area contributed by atoms with Crippen LogP contribution in [0.1, 0.15) is 18.7 Å². The van der Waals surface area contributed by atoms with Gasteiger partial charge in [-0.25, -0.2) is 4.98 Å². The van der Waals surface area contributed by atoms with E-state index in [-0.39, 0.29) is 5.92 Å². The molecule has 0 saturated heterocycles. The number of fused-ring (bicyclic) bond motifs is 1. The number of para-hydroxylation sites is 1. The van der Waals surface area contributed by atoms with Crippen LogP contribution < -0.4 is 5.73 Å². The summed E-state index contributed by atoms with van der Waals surface area (Å²) in [5.41, 5.74) is 7.36. The van der Waals surface area contributed by atoms with Crippen molar-refractivity contribution in [1.82, 2.24) is 9.97 Å². The number of halogens is 1. The maximum atomic E-state index is 6.00. The van der Waals surface area contributed by atoms with E-state index in [1.54, 1.807) is 0 Å². The normalized spacial score (nSPS) is 13.4. The fourth-order valence-corrected chi connectivity index (χ4v) is 1.58. The fraction of sp³-hybridized carbons (Fsp3) is 0.300. The van der Waals surface area contributed by atoms with Crippen LogP contribution in [0.5, 0.6) is 0 Å². The summed E-state index contributed by atoms with van der Waals surface area (Å²) in [6, 6.07) is 5.70. The molecule has 0 aliphatic carbocycles. The summed E-state index contributed by atoms with van der Waals surface area (Å²) in [5, 5.41) is 0.675. The Hall–Kier alpha value is -1.06. The van der Waals surface area contributed by atoms with Gasteiger partial charge in [0.1, 0.15) is 11.3 Å². The van der Waals surface area contributed by atoms with Crippen molar-refractivity contribution in [2.75, 3.05) is 6.54 Å². The molecule has 0 amide bonds. The average Bonchev–Trinajstić information content (AvgIpc) is 2.62. The van der Waals surface area contributed by atoms with E-state index in [2.05, 4.69) is 9.97 Å². The van der Waals surface area contributed by atoms with E-state index in [0.717, 1.165) is 16.9 Å². The number of nitrogens with zero attached hydrogens (tertiary/aromatic N) is 1. The number of benzene rings is 1. The molecule has 0 unspecified atom stereocenters. The molecule has 0 aliphatic heterocycles. The molecule has 1 aromatic carbocycles. The van der Waals surface area contributed by atoms with Gasteiger partial charge in [0, 0.05) is 12.5 Å². The number of nitrogens with one attached hydrogen (secondary N) is 1. The van der Waals surface area contributed by atoms with E-state index in [1.165, 1.54) is 0 Å². The monoisotopic (exact) mass is 209 g/mol.